The minimum atomic E-state index is -4.46. The first-order valence-corrected chi connectivity index (χ1v) is 5.92. The molecule has 0 fully saturated rings. The highest BCUT2D eigenvalue weighted by atomic mass is 32.2. The van der Waals surface area contributed by atoms with Crippen molar-refractivity contribution in [3.05, 3.63) is 29.8 Å². The second kappa shape index (κ2) is 4.97. The third-order valence-electron chi connectivity index (χ3n) is 2.10. The summed E-state index contributed by atoms with van der Waals surface area (Å²) < 4.78 is 37.3. The van der Waals surface area contributed by atoms with Crippen LogP contribution in [-0.2, 0) is 12.6 Å². The fourth-order valence-electron chi connectivity index (χ4n) is 1.20. The molecule has 0 atom stereocenters. The highest BCUT2D eigenvalue weighted by Gasteiger charge is 2.32. The van der Waals surface area contributed by atoms with Crippen molar-refractivity contribution in [1.82, 2.24) is 19.9 Å². The van der Waals surface area contributed by atoms with E-state index in [9.17, 15) is 13.2 Å². The Morgan fingerprint density at radius 1 is 1.33 bits per heavy atom. The van der Waals surface area contributed by atoms with Crippen molar-refractivity contribution in [3.8, 4) is 0 Å². The maximum Gasteiger partial charge on any atom is 0.433 e. The SMILES string of the molecule is CCc1cnc(Sc2nccc(C(F)(F)F)n2)[nH]1. The minimum absolute atomic E-state index is 0.0156. The molecule has 0 aliphatic carbocycles. The first-order chi connectivity index (χ1) is 8.49. The number of H-pyrrole nitrogens is 1. The van der Waals surface area contributed by atoms with E-state index in [0.717, 1.165) is 36.1 Å². The molecule has 2 rings (SSSR count). The molecule has 0 aliphatic rings. The molecule has 0 aliphatic heterocycles. The van der Waals surface area contributed by atoms with Crippen LogP contribution in [0.3, 0.4) is 0 Å². The first-order valence-electron chi connectivity index (χ1n) is 5.11. The molecule has 0 radical (unpaired) electrons. The van der Waals surface area contributed by atoms with Gasteiger partial charge >= 0.3 is 6.18 Å². The van der Waals surface area contributed by atoms with Crippen molar-refractivity contribution in [3.63, 3.8) is 0 Å². The van der Waals surface area contributed by atoms with Crippen molar-refractivity contribution in [1.29, 1.82) is 0 Å². The van der Waals surface area contributed by atoms with Crippen LogP contribution in [0.1, 0.15) is 18.3 Å². The summed E-state index contributed by atoms with van der Waals surface area (Å²) in [5.41, 5.74) is -0.0493. The van der Waals surface area contributed by atoms with E-state index in [0.29, 0.717) is 5.16 Å². The van der Waals surface area contributed by atoms with Gasteiger partial charge < -0.3 is 4.98 Å². The second-order valence-electron chi connectivity index (χ2n) is 3.39. The van der Waals surface area contributed by atoms with Crippen LogP contribution in [0.5, 0.6) is 0 Å². The maximum atomic E-state index is 12.4. The van der Waals surface area contributed by atoms with Crippen molar-refractivity contribution < 1.29 is 13.2 Å². The lowest BCUT2D eigenvalue weighted by molar-refractivity contribution is -0.141. The van der Waals surface area contributed by atoms with Gasteiger partial charge in [-0.05, 0) is 24.2 Å². The van der Waals surface area contributed by atoms with E-state index < -0.39 is 11.9 Å². The van der Waals surface area contributed by atoms with Crippen molar-refractivity contribution in [2.75, 3.05) is 0 Å². The Morgan fingerprint density at radius 2 is 2.11 bits per heavy atom. The lowest BCUT2D eigenvalue weighted by Gasteiger charge is -2.05. The van der Waals surface area contributed by atoms with Gasteiger partial charge in [0.15, 0.2) is 10.3 Å². The number of imidazole rings is 1. The summed E-state index contributed by atoms with van der Waals surface area (Å²) in [6.45, 7) is 1.95. The van der Waals surface area contributed by atoms with Gasteiger partial charge in [0.05, 0.1) is 0 Å². The van der Waals surface area contributed by atoms with E-state index in [1.165, 1.54) is 0 Å². The van der Waals surface area contributed by atoms with Gasteiger partial charge in [-0.1, -0.05) is 6.92 Å². The molecule has 0 aromatic carbocycles. The lowest BCUT2D eigenvalue weighted by Crippen LogP contribution is -2.08. The summed E-state index contributed by atoms with van der Waals surface area (Å²) in [5, 5.41) is 0.494. The number of aromatic nitrogens is 4. The number of hydrogen-bond acceptors (Lipinski definition) is 4. The van der Waals surface area contributed by atoms with Crippen LogP contribution in [-0.4, -0.2) is 19.9 Å². The van der Waals surface area contributed by atoms with Crippen LogP contribution in [0.4, 0.5) is 13.2 Å². The first kappa shape index (κ1) is 12.9. The molecule has 2 aromatic heterocycles. The number of nitrogens with one attached hydrogen (secondary N) is 1. The molecule has 96 valence electrons. The molecule has 0 unspecified atom stereocenters. The standard InChI is InChI=1S/C10H9F3N4S/c1-2-6-5-15-9(16-6)18-8-14-4-3-7(17-8)10(11,12)13/h3-5H,2H2,1H3,(H,15,16). The summed E-state index contributed by atoms with van der Waals surface area (Å²) >= 11 is 0.965. The number of aryl methyl sites for hydroxylation is 1. The van der Waals surface area contributed by atoms with E-state index in [1.54, 1.807) is 6.20 Å². The van der Waals surface area contributed by atoms with E-state index in [1.807, 2.05) is 6.92 Å². The van der Waals surface area contributed by atoms with Crippen molar-refractivity contribution >= 4 is 11.8 Å². The quantitative estimate of drug-likeness (QED) is 0.874. The Bertz CT molecular complexity index is 538. The summed E-state index contributed by atoms with van der Waals surface area (Å²) in [4.78, 5) is 14.2. The molecule has 4 nitrogen and oxygen atoms in total. The van der Waals surface area contributed by atoms with Crippen molar-refractivity contribution in [2.45, 2.75) is 29.8 Å². The van der Waals surface area contributed by atoms with E-state index in [-0.39, 0.29) is 5.16 Å². The molecule has 2 aromatic rings. The van der Waals surface area contributed by atoms with E-state index in [4.69, 9.17) is 0 Å². The van der Waals surface area contributed by atoms with Gasteiger partial charge in [0.2, 0.25) is 0 Å². The average molecular weight is 274 g/mol. The highest BCUT2D eigenvalue weighted by molar-refractivity contribution is 7.99. The molecule has 1 N–H and O–H groups in total. The summed E-state index contributed by atoms with van der Waals surface area (Å²) in [6.07, 6.45) is -0.967. The maximum absolute atomic E-state index is 12.4. The molecule has 18 heavy (non-hydrogen) atoms. The number of hydrogen-bond donors (Lipinski definition) is 1. The normalized spacial score (nSPS) is 11.8. The number of aromatic amines is 1. The predicted octanol–water partition coefficient (Wildman–Crippen LogP) is 2.93. The molecule has 0 bridgehead atoms. The van der Waals surface area contributed by atoms with Gasteiger partial charge in [0, 0.05) is 18.1 Å². The Hall–Kier alpha value is -1.57. The average Bonchev–Trinajstić information content (AvgIpc) is 2.76. The Kier molecular flexibility index (Phi) is 3.55. The molecule has 8 heteroatoms. The molecule has 2 heterocycles. The van der Waals surface area contributed by atoms with E-state index in [2.05, 4.69) is 19.9 Å². The third-order valence-corrected chi connectivity index (χ3v) is 2.88. The minimum Gasteiger partial charge on any atom is -0.336 e. The summed E-state index contributed by atoms with van der Waals surface area (Å²) in [7, 11) is 0. The largest absolute Gasteiger partial charge is 0.433 e. The number of halogens is 3. The third kappa shape index (κ3) is 3.00. The lowest BCUT2D eigenvalue weighted by atomic mass is 10.4. The van der Waals surface area contributed by atoms with Crippen molar-refractivity contribution in [2.24, 2.45) is 0 Å². The van der Waals surface area contributed by atoms with Crippen LogP contribution in [0.15, 0.2) is 28.8 Å². The Labute approximate surface area is 105 Å². The fourth-order valence-corrected chi connectivity index (χ4v) is 1.92. The zero-order valence-corrected chi connectivity index (χ0v) is 10.1. The van der Waals surface area contributed by atoms with Gasteiger partial charge in [0.1, 0.15) is 5.69 Å². The van der Waals surface area contributed by atoms with Crippen LogP contribution < -0.4 is 0 Å². The molecular weight excluding hydrogens is 265 g/mol. The Morgan fingerprint density at radius 3 is 2.72 bits per heavy atom. The Balaban J connectivity index is 2.19. The smallest absolute Gasteiger partial charge is 0.336 e. The van der Waals surface area contributed by atoms with Gasteiger partial charge in [-0.25, -0.2) is 15.0 Å². The molecule has 0 spiro atoms. The zero-order chi connectivity index (χ0) is 13.2. The van der Waals surface area contributed by atoms with Crippen LogP contribution in [0.25, 0.3) is 0 Å². The van der Waals surface area contributed by atoms with Gasteiger partial charge in [0.25, 0.3) is 0 Å². The van der Waals surface area contributed by atoms with Crippen LogP contribution in [0.2, 0.25) is 0 Å². The highest BCUT2D eigenvalue weighted by Crippen LogP contribution is 2.29. The summed E-state index contributed by atoms with van der Waals surface area (Å²) in [5.74, 6) is 0. The topological polar surface area (TPSA) is 54.5 Å². The van der Waals surface area contributed by atoms with E-state index >= 15 is 0 Å². The van der Waals surface area contributed by atoms with Gasteiger partial charge in [-0.15, -0.1) is 0 Å². The molecule has 0 saturated heterocycles. The number of rotatable bonds is 3. The zero-order valence-electron chi connectivity index (χ0n) is 9.32. The summed E-state index contributed by atoms with van der Waals surface area (Å²) in [6, 6.07) is 0.837. The van der Waals surface area contributed by atoms with Gasteiger partial charge in [-0.2, -0.15) is 13.2 Å². The molecule has 0 saturated carbocycles. The fraction of sp³-hybridized carbons (Fsp3) is 0.300. The van der Waals surface area contributed by atoms with Crippen LogP contribution in [0, 0.1) is 0 Å². The number of nitrogens with zero attached hydrogens (tertiary/aromatic N) is 3. The van der Waals surface area contributed by atoms with Gasteiger partial charge in [-0.3, -0.25) is 0 Å². The number of alkyl halides is 3. The predicted molar refractivity (Wildman–Crippen MR) is 59.1 cm³/mol. The molecule has 0 amide bonds. The molecular formula is C10H9F3N4S. The monoisotopic (exact) mass is 274 g/mol. The van der Waals surface area contributed by atoms with Crippen LogP contribution >= 0.6 is 11.8 Å². The second-order valence-corrected chi connectivity index (χ2v) is 4.35.